The lowest BCUT2D eigenvalue weighted by atomic mass is 9.55. The number of fused-ring (bicyclic) bond motifs is 5. The first-order valence-corrected chi connectivity index (χ1v) is 10.7. The summed E-state index contributed by atoms with van der Waals surface area (Å²) in [5, 5.41) is 10.3. The van der Waals surface area contributed by atoms with Gasteiger partial charge in [-0.25, -0.2) is 4.79 Å². The number of aryl methyl sites for hydroxylation is 2. The van der Waals surface area contributed by atoms with E-state index in [1.807, 2.05) is 13.0 Å². The second-order valence-electron chi connectivity index (χ2n) is 8.87. The van der Waals surface area contributed by atoms with Gasteiger partial charge in [0.25, 0.3) is 0 Å². The van der Waals surface area contributed by atoms with Crippen molar-refractivity contribution in [3.63, 3.8) is 0 Å². The number of aromatic hydroxyl groups is 1. The maximum atomic E-state index is 12.0. The van der Waals surface area contributed by atoms with E-state index in [9.17, 15) is 9.90 Å². The summed E-state index contributed by atoms with van der Waals surface area (Å²) in [6.45, 7) is 6.80. The van der Waals surface area contributed by atoms with E-state index in [2.05, 4.69) is 19.9 Å². The van der Waals surface area contributed by atoms with Crippen LogP contribution in [-0.4, -0.2) is 17.7 Å². The normalized spacial score (nSPS) is 33.3. The van der Waals surface area contributed by atoms with Crippen molar-refractivity contribution in [3.05, 3.63) is 40.5 Å². The molecule has 1 N–H and O–H groups in total. The molecule has 146 valence electrons. The van der Waals surface area contributed by atoms with E-state index in [1.54, 1.807) is 6.08 Å². The summed E-state index contributed by atoms with van der Waals surface area (Å²) >= 11 is 0. The van der Waals surface area contributed by atoms with Crippen molar-refractivity contribution in [2.24, 2.45) is 17.3 Å². The molecular weight excluding hydrogens is 336 g/mol. The van der Waals surface area contributed by atoms with Crippen molar-refractivity contribution >= 4 is 5.97 Å². The number of carbonyl (C=O) groups excluding carboxylic acids is 1. The predicted octanol–water partition coefficient (Wildman–Crippen LogP) is 5.30. The third kappa shape index (κ3) is 2.99. The number of phenolic OH excluding ortho intramolecular Hbond substituents is 1. The van der Waals surface area contributed by atoms with Gasteiger partial charge < -0.3 is 9.84 Å². The Morgan fingerprint density at radius 2 is 2.07 bits per heavy atom. The number of esters is 1. The second kappa shape index (κ2) is 7.00. The first-order valence-electron chi connectivity index (χ1n) is 10.7. The quantitative estimate of drug-likeness (QED) is 0.582. The monoisotopic (exact) mass is 368 g/mol. The average molecular weight is 369 g/mol. The highest BCUT2D eigenvalue weighted by Gasteiger charge is 2.52. The zero-order valence-corrected chi connectivity index (χ0v) is 16.9. The van der Waals surface area contributed by atoms with E-state index >= 15 is 0 Å². The number of rotatable bonds is 3. The van der Waals surface area contributed by atoms with E-state index in [0.29, 0.717) is 30.1 Å². The van der Waals surface area contributed by atoms with Crippen molar-refractivity contribution in [1.29, 1.82) is 0 Å². The number of benzene rings is 1. The topological polar surface area (TPSA) is 46.5 Å². The number of hydrogen-bond acceptors (Lipinski definition) is 3. The predicted molar refractivity (Wildman–Crippen MR) is 107 cm³/mol. The fraction of sp³-hybridized carbons (Fsp3) is 0.625. The highest BCUT2D eigenvalue weighted by molar-refractivity contribution is 5.83. The largest absolute Gasteiger partial charge is 0.508 e. The highest BCUT2D eigenvalue weighted by atomic mass is 16.5. The number of carbonyl (C=O) groups is 1. The molecule has 0 spiro atoms. The van der Waals surface area contributed by atoms with Gasteiger partial charge >= 0.3 is 5.97 Å². The van der Waals surface area contributed by atoms with Crippen LogP contribution >= 0.6 is 0 Å². The molecule has 3 aliphatic carbocycles. The van der Waals surface area contributed by atoms with Gasteiger partial charge in [-0.05, 0) is 97.8 Å². The Bertz CT molecular complexity index is 778. The molecule has 27 heavy (non-hydrogen) atoms. The smallest absolute Gasteiger partial charge is 0.330 e. The Hall–Kier alpha value is -1.77. The van der Waals surface area contributed by atoms with Crippen LogP contribution in [0.15, 0.2) is 23.8 Å². The zero-order chi connectivity index (χ0) is 19.2. The Balaban J connectivity index is 1.64. The molecular formula is C24H32O3. The maximum absolute atomic E-state index is 12.0. The molecule has 0 aliphatic heterocycles. The first kappa shape index (κ1) is 18.6. The summed E-state index contributed by atoms with van der Waals surface area (Å²) in [6.07, 6.45) is 9.50. The molecule has 0 radical (unpaired) electrons. The van der Waals surface area contributed by atoms with Gasteiger partial charge in [0.05, 0.1) is 6.61 Å². The number of allylic oxidation sites excluding steroid dienone is 1. The van der Waals surface area contributed by atoms with Crippen LogP contribution in [0.2, 0.25) is 0 Å². The van der Waals surface area contributed by atoms with Crippen LogP contribution in [-0.2, 0) is 22.4 Å². The van der Waals surface area contributed by atoms with Gasteiger partial charge in [0.2, 0.25) is 0 Å². The second-order valence-corrected chi connectivity index (χ2v) is 8.87. The molecule has 0 aromatic heterocycles. The Morgan fingerprint density at radius 1 is 1.26 bits per heavy atom. The van der Waals surface area contributed by atoms with E-state index in [1.165, 1.54) is 36.0 Å². The number of phenols is 1. The SMILES string of the molecule is CCOC(=O)/C=C1/CC[C@H]2[C@@H]3CCc4cc(O)c(CC)cc4[C@H]3CC[C@]12C. The third-order valence-electron chi connectivity index (χ3n) is 7.73. The molecule has 4 rings (SSSR count). The maximum Gasteiger partial charge on any atom is 0.330 e. The van der Waals surface area contributed by atoms with Crippen LogP contribution in [0.5, 0.6) is 5.75 Å². The summed E-state index contributed by atoms with van der Waals surface area (Å²) in [7, 11) is 0. The van der Waals surface area contributed by atoms with E-state index in [0.717, 1.165) is 31.2 Å². The van der Waals surface area contributed by atoms with Crippen LogP contribution in [0.25, 0.3) is 0 Å². The minimum absolute atomic E-state index is 0.149. The summed E-state index contributed by atoms with van der Waals surface area (Å²) < 4.78 is 5.18. The first-order chi connectivity index (χ1) is 13.0. The molecule has 0 bridgehead atoms. The highest BCUT2D eigenvalue weighted by Crippen LogP contribution is 2.63. The summed E-state index contributed by atoms with van der Waals surface area (Å²) in [5.74, 6) is 2.26. The molecule has 1 aromatic rings. The molecule has 1 aromatic carbocycles. The summed E-state index contributed by atoms with van der Waals surface area (Å²) in [4.78, 5) is 12.0. The van der Waals surface area contributed by atoms with Crippen molar-refractivity contribution in [1.82, 2.24) is 0 Å². The van der Waals surface area contributed by atoms with Crippen LogP contribution in [0.1, 0.15) is 75.5 Å². The number of ether oxygens (including phenoxy) is 1. The lowest BCUT2D eigenvalue weighted by Crippen LogP contribution is -2.40. The van der Waals surface area contributed by atoms with Gasteiger partial charge in [0.1, 0.15) is 5.75 Å². The van der Waals surface area contributed by atoms with Crippen molar-refractivity contribution < 1.29 is 14.6 Å². The molecule has 4 atom stereocenters. The fourth-order valence-corrected chi connectivity index (χ4v) is 6.35. The molecule has 0 heterocycles. The van der Waals surface area contributed by atoms with E-state index in [4.69, 9.17) is 4.74 Å². The van der Waals surface area contributed by atoms with Crippen molar-refractivity contribution in [2.45, 2.75) is 71.6 Å². The lowest BCUT2D eigenvalue weighted by molar-refractivity contribution is -0.137. The number of hydrogen-bond donors (Lipinski definition) is 1. The van der Waals surface area contributed by atoms with Crippen LogP contribution in [0, 0.1) is 17.3 Å². The molecule has 0 unspecified atom stereocenters. The van der Waals surface area contributed by atoms with Gasteiger partial charge in [-0.1, -0.05) is 25.5 Å². The average Bonchev–Trinajstić information content (AvgIpc) is 2.97. The Kier molecular flexibility index (Phi) is 4.82. The van der Waals surface area contributed by atoms with Gasteiger partial charge in [-0.3, -0.25) is 0 Å². The summed E-state index contributed by atoms with van der Waals surface area (Å²) in [6, 6.07) is 4.31. The van der Waals surface area contributed by atoms with Crippen LogP contribution in [0.3, 0.4) is 0 Å². The van der Waals surface area contributed by atoms with Gasteiger partial charge in [-0.15, -0.1) is 0 Å². The minimum Gasteiger partial charge on any atom is -0.508 e. The molecule has 0 saturated heterocycles. The molecule has 3 nitrogen and oxygen atoms in total. The minimum atomic E-state index is -0.173. The Morgan fingerprint density at radius 3 is 2.81 bits per heavy atom. The lowest BCUT2D eigenvalue weighted by Gasteiger charge is -2.49. The van der Waals surface area contributed by atoms with Crippen LogP contribution < -0.4 is 0 Å². The van der Waals surface area contributed by atoms with Crippen LogP contribution in [0.4, 0.5) is 0 Å². The fourth-order valence-electron chi connectivity index (χ4n) is 6.35. The molecule has 3 aliphatic rings. The Labute approximate surface area is 162 Å². The molecule has 2 saturated carbocycles. The molecule has 0 amide bonds. The van der Waals surface area contributed by atoms with Gasteiger partial charge in [0, 0.05) is 6.08 Å². The van der Waals surface area contributed by atoms with Gasteiger partial charge in [-0.2, -0.15) is 0 Å². The third-order valence-corrected chi connectivity index (χ3v) is 7.73. The van der Waals surface area contributed by atoms with Gasteiger partial charge in [0.15, 0.2) is 0 Å². The summed E-state index contributed by atoms with van der Waals surface area (Å²) in [5.41, 5.74) is 5.39. The zero-order valence-electron chi connectivity index (χ0n) is 16.9. The molecule has 2 fully saturated rings. The van der Waals surface area contributed by atoms with E-state index in [-0.39, 0.29) is 11.4 Å². The van der Waals surface area contributed by atoms with E-state index < -0.39 is 0 Å². The van der Waals surface area contributed by atoms with Crippen molar-refractivity contribution in [2.75, 3.05) is 6.61 Å². The standard InChI is InChI=1S/C24H32O3/c1-4-15-12-20-16(13-22(15)25)6-8-19-18(20)10-11-24(3)17(7-9-21(19)24)14-23(26)27-5-2/h12-14,18-19,21,25H,4-11H2,1-3H3/b17-14-/t18-,19+,21-,24+/m0/s1. The molecule has 3 heteroatoms. The van der Waals surface area contributed by atoms with Crippen molar-refractivity contribution in [3.8, 4) is 5.75 Å².